The van der Waals surface area contributed by atoms with Gasteiger partial charge in [-0.2, -0.15) is 0 Å². The Morgan fingerprint density at radius 1 is 1.10 bits per heavy atom. The van der Waals surface area contributed by atoms with Crippen molar-refractivity contribution < 1.29 is 9.18 Å². The molecule has 146 valence electrons. The van der Waals surface area contributed by atoms with E-state index in [4.69, 9.17) is 0 Å². The Morgan fingerprint density at radius 2 is 1.86 bits per heavy atom. The first kappa shape index (κ1) is 19.0. The second-order valence-corrected chi connectivity index (χ2v) is 7.74. The summed E-state index contributed by atoms with van der Waals surface area (Å²) in [6, 6.07) is 14.2. The van der Waals surface area contributed by atoms with Gasteiger partial charge in [-0.1, -0.05) is 24.3 Å². The number of anilines is 3. The van der Waals surface area contributed by atoms with E-state index in [9.17, 15) is 9.18 Å². The summed E-state index contributed by atoms with van der Waals surface area (Å²) in [7, 11) is 1.93. The van der Waals surface area contributed by atoms with E-state index in [0.717, 1.165) is 32.8 Å². The van der Waals surface area contributed by atoms with Gasteiger partial charge < -0.3 is 10.2 Å². The van der Waals surface area contributed by atoms with Crippen molar-refractivity contribution in [3.8, 4) is 0 Å². The van der Waals surface area contributed by atoms with Crippen molar-refractivity contribution >= 4 is 44.7 Å². The van der Waals surface area contributed by atoms with Crippen LogP contribution in [0, 0.1) is 19.7 Å². The second-order valence-electron chi connectivity index (χ2n) is 6.74. The number of aryl methyl sites for hydroxylation is 2. The Bertz CT molecular complexity index is 1210. The van der Waals surface area contributed by atoms with E-state index in [1.54, 1.807) is 6.07 Å². The fraction of sp³-hybridized carbons (Fsp3) is 0.136. The lowest BCUT2D eigenvalue weighted by Crippen LogP contribution is -2.13. The van der Waals surface area contributed by atoms with E-state index >= 15 is 0 Å². The zero-order valence-electron chi connectivity index (χ0n) is 16.2. The molecule has 0 aliphatic heterocycles. The van der Waals surface area contributed by atoms with Crippen LogP contribution in [0.5, 0.6) is 0 Å². The van der Waals surface area contributed by atoms with Crippen molar-refractivity contribution in [3.05, 3.63) is 76.7 Å². The van der Waals surface area contributed by atoms with Gasteiger partial charge in [0.15, 0.2) is 0 Å². The van der Waals surface area contributed by atoms with Crippen LogP contribution in [0.2, 0.25) is 0 Å². The number of benzene rings is 2. The third-order valence-electron chi connectivity index (χ3n) is 4.82. The lowest BCUT2D eigenvalue weighted by molar-refractivity contribution is 0.103. The standard InChI is InChI=1S/C22H19FN4OS/c1-13-9-10-15(23)11-17(13)26-21(28)19-14(2)18-20(24-12-25-22(18)29-19)27(3)16-7-5-4-6-8-16/h4-12H,1-3H3,(H,26,28). The number of carbonyl (C=O) groups excluding carboxylic acids is 1. The van der Waals surface area contributed by atoms with Gasteiger partial charge in [0.1, 0.15) is 22.8 Å². The first-order chi connectivity index (χ1) is 14.0. The van der Waals surface area contributed by atoms with Crippen LogP contribution in [-0.2, 0) is 0 Å². The zero-order valence-corrected chi connectivity index (χ0v) is 17.0. The monoisotopic (exact) mass is 406 g/mol. The molecule has 5 nitrogen and oxygen atoms in total. The first-order valence-corrected chi connectivity index (χ1v) is 9.87. The van der Waals surface area contributed by atoms with Crippen molar-refractivity contribution in [1.82, 2.24) is 9.97 Å². The molecule has 7 heteroatoms. The molecule has 0 saturated carbocycles. The lowest BCUT2D eigenvalue weighted by Gasteiger charge is -2.19. The van der Waals surface area contributed by atoms with Crippen molar-refractivity contribution in [1.29, 1.82) is 0 Å². The fourth-order valence-electron chi connectivity index (χ4n) is 3.21. The maximum Gasteiger partial charge on any atom is 0.266 e. The third-order valence-corrected chi connectivity index (χ3v) is 6.02. The normalized spacial score (nSPS) is 10.9. The fourth-order valence-corrected chi connectivity index (χ4v) is 4.24. The molecule has 1 N–H and O–H groups in total. The topological polar surface area (TPSA) is 58.1 Å². The molecule has 4 aromatic rings. The lowest BCUT2D eigenvalue weighted by atomic mass is 10.1. The molecular weight excluding hydrogens is 387 g/mol. The van der Waals surface area contributed by atoms with Crippen molar-refractivity contribution in [2.24, 2.45) is 0 Å². The first-order valence-electron chi connectivity index (χ1n) is 9.06. The maximum atomic E-state index is 13.6. The van der Waals surface area contributed by atoms with Gasteiger partial charge in [-0.15, -0.1) is 11.3 Å². The third kappa shape index (κ3) is 3.56. The Hall–Kier alpha value is -3.32. The van der Waals surface area contributed by atoms with Crippen molar-refractivity contribution in [2.45, 2.75) is 13.8 Å². The highest BCUT2D eigenvalue weighted by Crippen LogP contribution is 2.37. The molecule has 2 heterocycles. The zero-order chi connectivity index (χ0) is 20.5. The van der Waals surface area contributed by atoms with Gasteiger partial charge in [0.25, 0.3) is 5.91 Å². The largest absolute Gasteiger partial charge is 0.329 e. The van der Waals surface area contributed by atoms with Crippen LogP contribution < -0.4 is 10.2 Å². The molecule has 2 aromatic heterocycles. The number of halogens is 1. The van der Waals surface area contributed by atoms with Crippen LogP contribution in [0.1, 0.15) is 20.8 Å². The number of hydrogen-bond donors (Lipinski definition) is 1. The summed E-state index contributed by atoms with van der Waals surface area (Å²) in [5.41, 5.74) is 3.04. The number of thiophene rings is 1. The number of rotatable bonds is 4. The minimum Gasteiger partial charge on any atom is -0.329 e. The number of nitrogens with one attached hydrogen (secondary N) is 1. The molecule has 0 unspecified atom stereocenters. The highest BCUT2D eigenvalue weighted by molar-refractivity contribution is 7.20. The van der Waals surface area contributed by atoms with E-state index in [-0.39, 0.29) is 5.91 Å². The molecular formula is C22H19FN4OS. The van der Waals surface area contributed by atoms with Crippen LogP contribution in [0.25, 0.3) is 10.2 Å². The molecule has 0 spiro atoms. The van der Waals surface area contributed by atoms with E-state index in [1.807, 2.05) is 56.1 Å². The summed E-state index contributed by atoms with van der Waals surface area (Å²) in [5, 5.41) is 3.66. The molecule has 0 fully saturated rings. The van der Waals surface area contributed by atoms with Crippen LogP contribution in [0.4, 0.5) is 21.6 Å². The summed E-state index contributed by atoms with van der Waals surface area (Å²) in [5.74, 6) is 0.0556. The quantitative estimate of drug-likeness (QED) is 0.488. The van der Waals surface area contributed by atoms with E-state index < -0.39 is 5.82 Å². The molecule has 0 aliphatic carbocycles. The summed E-state index contributed by atoms with van der Waals surface area (Å²) >= 11 is 1.30. The average molecular weight is 406 g/mol. The summed E-state index contributed by atoms with van der Waals surface area (Å²) in [6.45, 7) is 3.71. The van der Waals surface area contributed by atoms with Crippen LogP contribution in [-0.4, -0.2) is 22.9 Å². The van der Waals surface area contributed by atoms with Gasteiger partial charge in [0.2, 0.25) is 0 Å². The van der Waals surface area contributed by atoms with E-state index in [0.29, 0.717) is 10.6 Å². The Balaban J connectivity index is 1.75. The Labute approximate surface area is 171 Å². The molecule has 0 atom stereocenters. The molecule has 1 amide bonds. The molecule has 29 heavy (non-hydrogen) atoms. The second kappa shape index (κ2) is 7.60. The number of hydrogen-bond acceptors (Lipinski definition) is 5. The molecule has 2 aromatic carbocycles. The number of para-hydroxylation sites is 1. The number of amides is 1. The van der Waals surface area contributed by atoms with E-state index in [2.05, 4.69) is 15.3 Å². The van der Waals surface area contributed by atoms with Gasteiger partial charge in [-0.3, -0.25) is 4.79 Å². The van der Waals surface area contributed by atoms with Crippen LogP contribution >= 0.6 is 11.3 Å². The van der Waals surface area contributed by atoms with Crippen LogP contribution in [0.3, 0.4) is 0 Å². The molecule has 0 aliphatic rings. The van der Waals surface area contributed by atoms with Gasteiger partial charge >= 0.3 is 0 Å². The maximum absolute atomic E-state index is 13.6. The summed E-state index contributed by atoms with van der Waals surface area (Å²) in [6.07, 6.45) is 1.51. The van der Waals surface area contributed by atoms with Crippen molar-refractivity contribution in [3.63, 3.8) is 0 Å². The Kier molecular flexibility index (Phi) is 4.98. The molecule has 4 rings (SSSR count). The molecule has 0 saturated heterocycles. The molecule has 0 bridgehead atoms. The predicted molar refractivity (Wildman–Crippen MR) is 116 cm³/mol. The minimum atomic E-state index is -0.392. The molecule has 0 radical (unpaired) electrons. The highest BCUT2D eigenvalue weighted by Gasteiger charge is 2.21. The number of carbonyl (C=O) groups is 1. The van der Waals surface area contributed by atoms with Crippen LogP contribution in [0.15, 0.2) is 54.9 Å². The summed E-state index contributed by atoms with van der Waals surface area (Å²) in [4.78, 5) is 25.0. The average Bonchev–Trinajstić information content (AvgIpc) is 3.08. The minimum absolute atomic E-state index is 0.285. The van der Waals surface area contributed by atoms with Crippen molar-refractivity contribution in [2.75, 3.05) is 17.3 Å². The number of aromatic nitrogens is 2. The highest BCUT2D eigenvalue weighted by atomic mass is 32.1. The van der Waals surface area contributed by atoms with Gasteiger partial charge in [-0.05, 0) is 49.2 Å². The number of nitrogens with zero attached hydrogens (tertiary/aromatic N) is 3. The SMILES string of the molecule is Cc1ccc(F)cc1NC(=O)c1sc2ncnc(N(C)c3ccccc3)c2c1C. The number of fused-ring (bicyclic) bond motifs is 1. The van der Waals surface area contributed by atoms with Gasteiger partial charge in [0, 0.05) is 18.4 Å². The smallest absolute Gasteiger partial charge is 0.266 e. The van der Waals surface area contributed by atoms with Gasteiger partial charge in [-0.25, -0.2) is 14.4 Å². The summed E-state index contributed by atoms with van der Waals surface area (Å²) < 4.78 is 13.6. The predicted octanol–water partition coefficient (Wildman–Crippen LogP) is 5.47. The van der Waals surface area contributed by atoms with Gasteiger partial charge in [0.05, 0.1) is 10.3 Å². The Morgan fingerprint density at radius 3 is 2.62 bits per heavy atom. The van der Waals surface area contributed by atoms with E-state index in [1.165, 1.54) is 29.8 Å².